The molecule has 1 aromatic rings. The third-order valence-corrected chi connectivity index (χ3v) is 4.69. The number of benzene rings is 1. The van der Waals surface area contributed by atoms with Gasteiger partial charge in [-0.05, 0) is 18.2 Å². The molecular formula is C12H14ClN3O4S. The van der Waals surface area contributed by atoms with Gasteiger partial charge in [0, 0.05) is 25.6 Å². The number of hydrogen-bond acceptors (Lipinski definition) is 4. The number of sulfonamides is 1. The number of carbonyl (C=O) groups excluding carboxylic acids is 2. The van der Waals surface area contributed by atoms with Crippen LogP contribution in [-0.4, -0.2) is 32.0 Å². The number of rotatable bonds is 3. The average molecular weight is 332 g/mol. The first-order chi connectivity index (χ1) is 9.68. The van der Waals surface area contributed by atoms with Gasteiger partial charge in [0.1, 0.15) is 5.25 Å². The van der Waals surface area contributed by atoms with Gasteiger partial charge in [-0.15, -0.1) is 0 Å². The molecule has 1 atom stereocenters. The number of primary sulfonamides is 1. The Morgan fingerprint density at radius 2 is 2.14 bits per heavy atom. The summed E-state index contributed by atoms with van der Waals surface area (Å²) in [6.07, 6.45) is -0.149. The molecule has 0 radical (unpaired) electrons. The Morgan fingerprint density at radius 3 is 2.62 bits per heavy atom. The molecule has 3 N–H and O–H groups in total. The number of hydrogen-bond donors (Lipinski definition) is 2. The van der Waals surface area contributed by atoms with Crippen LogP contribution in [0.1, 0.15) is 13.3 Å². The number of anilines is 2. The van der Waals surface area contributed by atoms with Crippen molar-refractivity contribution in [3.63, 3.8) is 0 Å². The van der Waals surface area contributed by atoms with Crippen LogP contribution >= 0.6 is 11.6 Å². The molecule has 0 bridgehead atoms. The molecule has 7 nitrogen and oxygen atoms in total. The van der Waals surface area contributed by atoms with Crippen molar-refractivity contribution < 1.29 is 18.0 Å². The van der Waals surface area contributed by atoms with Gasteiger partial charge in [0.2, 0.25) is 21.8 Å². The largest absolute Gasteiger partial charge is 0.325 e. The van der Waals surface area contributed by atoms with E-state index >= 15 is 0 Å². The van der Waals surface area contributed by atoms with Gasteiger partial charge in [0.15, 0.2) is 0 Å². The number of carbonyl (C=O) groups is 2. The Bertz CT molecular complexity index is 704. The summed E-state index contributed by atoms with van der Waals surface area (Å²) in [5.74, 6) is -0.603. The van der Waals surface area contributed by atoms with Crippen molar-refractivity contribution in [3.05, 3.63) is 23.2 Å². The molecule has 1 unspecified atom stereocenters. The highest BCUT2D eigenvalue weighted by Crippen LogP contribution is 2.30. The molecule has 2 amide bonds. The molecule has 1 heterocycles. The van der Waals surface area contributed by atoms with Crippen LogP contribution in [0.3, 0.4) is 0 Å². The second-order valence-corrected chi connectivity index (χ2v) is 7.02. The summed E-state index contributed by atoms with van der Waals surface area (Å²) in [6.45, 7) is 1.35. The number of amides is 2. The fourth-order valence-corrected chi connectivity index (χ4v) is 3.06. The van der Waals surface area contributed by atoms with Crippen LogP contribution in [0.25, 0.3) is 0 Å². The van der Waals surface area contributed by atoms with Crippen LogP contribution in [-0.2, 0) is 19.6 Å². The number of nitrogens with one attached hydrogen (secondary N) is 1. The van der Waals surface area contributed by atoms with E-state index in [9.17, 15) is 18.0 Å². The minimum atomic E-state index is -3.76. The zero-order valence-electron chi connectivity index (χ0n) is 11.2. The zero-order chi connectivity index (χ0) is 15.8. The van der Waals surface area contributed by atoms with Crippen LogP contribution < -0.4 is 15.4 Å². The van der Waals surface area contributed by atoms with Crippen molar-refractivity contribution in [1.29, 1.82) is 0 Å². The lowest BCUT2D eigenvalue weighted by atomic mass is 10.2. The Hall–Kier alpha value is -1.64. The van der Waals surface area contributed by atoms with E-state index < -0.39 is 15.3 Å². The van der Waals surface area contributed by atoms with Crippen LogP contribution in [0.5, 0.6) is 0 Å². The summed E-state index contributed by atoms with van der Waals surface area (Å²) in [5.41, 5.74) is 0.882. The van der Waals surface area contributed by atoms with E-state index in [0.717, 1.165) is 0 Å². The maximum absolute atomic E-state index is 11.9. The highest BCUT2D eigenvalue weighted by atomic mass is 35.5. The van der Waals surface area contributed by atoms with Crippen LogP contribution in [0.2, 0.25) is 5.02 Å². The van der Waals surface area contributed by atoms with E-state index in [2.05, 4.69) is 5.32 Å². The summed E-state index contributed by atoms with van der Waals surface area (Å²) >= 11 is 6.03. The normalized spacial score (nSPS) is 18.9. The Labute approximate surface area is 127 Å². The highest BCUT2D eigenvalue weighted by molar-refractivity contribution is 7.89. The highest BCUT2D eigenvalue weighted by Gasteiger charge is 2.37. The molecule has 1 aromatic carbocycles. The summed E-state index contributed by atoms with van der Waals surface area (Å²) < 4.78 is 22.6. The van der Waals surface area contributed by atoms with Crippen molar-refractivity contribution in [2.45, 2.75) is 18.6 Å². The molecular weight excluding hydrogens is 318 g/mol. The lowest BCUT2D eigenvalue weighted by molar-refractivity contribution is -0.117. The van der Waals surface area contributed by atoms with E-state index in [1.165, 1.54) is 17.9 Å². The second kappa shape index (κ2) is 5.63. The molecule has 0 spiro atoms. The van der Waals surface area contributed by atoms with E-state index in [4.69, 9.17) is 16.7 Å². The first kappa shape index (κ1) is 15.7. The summed E-state index contributed by atoms with van der Waals surface area (Å²) in [6, 6.07) is 4.63. The zero-order valence-corrected chi connectivity index (χ0v) is 12.7. The standard InChI is InChI=1S/C12H14ClN3O4S/c1-7(17)15-11-3-2-8(4-10(11)13)16-6-9(5-12(16)18)21(14,19)20/h2-4,9H,5-6H2,1H3,(H,15,17)(H2,14,19,20). The van der Waals surface area contributed by atoms with Gasteiger partial charge < -0.3 is 10.2 Å². The van der Waals surface area contributed by atoms with Crippen LogP contribution in [0.4, 0.5) is 11.4 Å². The van der Waals surface area contributed by atoms with Crippen molar-refractivity contribution in [2.75, 3.05) is 16.8 Å². The molecule has 1 aliphatic heterocycles. The lowest BCUT2D eigenvalue weighted by Crippen LogP contribution is -2.32. The molecule has 1 saturated heterocycles. The quantitative estimate of drug-likeness (QED) is 0.849. The predicted octanol–water partition coefficient (Wildman–Crippen LogP) is 0.692. The van der Waals surface area contributed by atoms with Gasteiger partial charge in [-0.3, -0.25) is 9.59 Å². The van der Waals surface area contributed by atoms with Crippen molar-refractivity contribution >= 4 is 44.8 Å². The van der Waals surface area contributed by atoms with E-state index in [-0.39, 0.29) is 29.8 Å². The van der Waals surface area contributed by atoms with Crippen molar-refractivity contribution in [2.24, 2.45) is 5.14 Å². The maximum Gasteiger partial charge on any atom is 0.228 e. The van der Waals surface area contributed by atoms with Crippen LogP contribution in [0, 0.1) is 0 Å². The summed E-state index contributed by atoms with van der Waals surface area (Å²) in [7, 11) is -3.76. The minimum absolute atomic E-state index is 0.00647. The predicted molar refractivity (Wildman–Crippen MR) is 79.6 cm³/mol. The SMILES string of the molecule is CC(=O)Nc1ccc(N2CC(S(N)(=O)=O)CC2=O)cc1Cl. The molecule has 0 aromatic heterocycles. The number of nitrogens with two attached hydrogens (primary N) is 1. The molecule has 9 heteroatoms. The number of halogens is 1. The summed E-state index contributed by atoms with van der Waals surface area (Å²) in [5, 5.41) is 6.96. The Kier molecular flexibility index (Phi) is 4.22. The van der Waals surface area contributed by atoms with E-state index in [1.54, 1.807) is 12.1 Å². The smallest absolute Gasteiger partial charge is 0.228 e. The monoisotopic (exact) mass is 331 g/mol. The minimum Gasteiger partial charge on any atom is -0.325 e. The van der Waals surface area contributed by atoms with Gasteiger partial charge in [-0.25, -0.2) is 13.6 Å². The number of nitrogens with zero attached hydrogens (tertiary/aromatic N) is 1. The Morgan fingerprint density at radius 1 is 1.48 bits per heavy atom. The van der Waals surface area contributed by atoms with Gasteiger partial charge in [-0.1, -0.05) is 11.6 Å². The topological polar surface area (TPSA) is 110 Å². The van der Waals surface area contributed by atoms with Crippen LogP contribution in [0.15, 0.2) is 18.2 Å². The third-order valence-electron chi connectivity index (χ3n) is 3.13. The van der Waals surface area contributed by atoms with Gasteiger partial charge in [0.05, 0.1) is 10.7 Å². The fraction of sp³-hybridized carbons (Fsp3) is 0.333. The van der Waals surface area contributed by atoms with Crippen molar-refractivity contribution in [3.8, 4) is 0 Å². The third kappa shape index (κ3) is 3.52. The average Bonchev–Trinajstić information content (AvgIpc) is 2.73. The fourth-order valence-electron chi connectivity index (χ4n) is 2.11. The molecule has 1 fully saturated rings. The first-order valence-corrected chi connectivity index (χ1v) is 8.06. The van der Waals surface area contributed by atoms with E-state index in [1.807, 2.05) is 0 Å². The maximum atomic E-state index is 11.9. The van der Waals surface area contributed by atoms with Gasteiger partial charge >= 0.3 is 0 Å². The van der Waals surface area contributed by atoms with Crippen molar-refractivity contribution in [1.82, 2.24) is 0 Å². The molecule has 0 saturated carbocycles. The van der Waals surface area contributed by atoms with Gasteiger partial charge in [0.25, 0.3) is 0 Å². The first-order valence-electron chi connectivity index (χ1n) is 6.07. The Balaban J connectivity index is 2.25. The molecule has 0 aliphatic carbocycles. The molecule has 114 valence electrons. The molecule has 2 rings (SSSR count). The van der Waals surface area contributed by atoms with E-state index in [0.29, 0.717) is 11.4 Å². The second-order valence-electron chi connectivity index (χ2n) is 4.76. The molecule has 1 aliphatic rings. The lowest BCUT2D eigenvalue weighted by Gasteiger charge is -2.17. The summed E-state index contributed by atoms with van der Waals surface area (Å²) in [4.78, 5) is 24.2. The molecule has 21 heavy (non-hydrogen) atoms. The van der Waals surface area contributed by atoms with Gasteiger partial charge in [-0.2, -0.15) is 0 Å².